The van der Waals surface area contributed by atoms with Crippen LogP contribution in [-0.2, 0) is 23.9 Å². The van der Waals surface area contributed by atoms with Crippen LogP contribution in [0.2, 0.25) is 0 Å². The lowest BCUT2D eigenvalue weighted by Crippen LogP contribution is -2.09. The summed E-state index contributed by atoms with van der Waals surface area (Å²) in [5.74, 6) is 16.6. The highest BCUT2D eigenvalue weighted by atomic mass is 16.7. The van der Waals surface area contributed by atoms with Gasteiger partial charge in [-0.3, -0.25) is 0 Å². The Morgan fingerprint density at radius 2 is 0.943 bits per heavy atom. The lowest BCUT2D eigenvalue weighted by atomic mass is 10.1. The van der Waals surface area contributed by atoms with Crippen LogP contribution < -0.4 is 18.9 Å². The van der Waals surface area contributed by atoms with Crippen LogP contribution in [0.1, 0.15) is 40.3 Å². The first kappa shape index (κ1) is 38.0. The Kier molecular flexibility index (Phi) is 13.5. The zero-order valence-corrected chi connectivity index (χ0v) is 28.5. The van der Waals surface area contributed by atoms with E-state index in [1.54, 1.807) is 79.7 Å². The summed E-state index contributed by atoms with van der Waals surface area (Å²) >= 11 is 0. The molecule has 0 unspecified atom stereocenters. The molecular weight excluding hydrogens is 672 g/mol. The van der Waals surface area contributed by atoms with Crippen LogP contribution in [0.15, 0.2) is 135 Å². The smallest absolute Gasteiger partial charge is 0.338 e. The average Bonchev–Trinajstić information content (AvgIpc) is 3.17. The quantitative estimate of drug-likeness (QED) is 0.0592. The molecule has 0 bridgehead atoms. The Hall–Kier alpha value is -7.80. The molecule has 0 saturated carbocycles. The Balaban J connectivity index is 1.62. The SMILES string of the molecule is C=CC(=O)OCOc1cc(C#Cc2ccc(C#Cc3ccc(OC(=O)C=C)cc3)cc2)c(OC(=O)C=C)cc1C#Cc1ccc(OC(=O)C(=C)C)cc1. The van der Waals surface area contributed by atoms with E-state index >= 15 is 0 Å². The minimum absolute atomic E-state index is 0.0805. The molecule has 4 aromatic rings. The maximum atomic E-state index is 12.3. The summed E-state index contributed by atoms with van der Waals surface area (Å²) in [5.41, 5.74) is 3.46. The summed E-state index contributed by atoms with van der Waals surface area (Å²) < 4.78 is 26.5. The van der Waals surface area contributed by atoms with Crippen LogP contribution in [0.5, 0.6) is 23.0 Å². The van der Waals surface area contributed by atoms with Crippen LogP contribution >= 0.6 is 0 Å². The van der Waals surface area contributed by atoms with E-state index in [4.69, 9.17) is 23.7 Å². The van der Waals surface area contributed by atoms with Crippen LogP contribution in [0.4, 0.5) is 0 Å². The van der Waals surface area contributed by atoms with Gasteiger partial charge in [-0.2, -0.15) is 0 Å². The van der Waals surface area contributed by atoms with Crippen molar-refractivity contribution in [3.05, 3.63) is 168 Å². The van der Waals surface area contributed by atoms with Crippen molar-refractivity contribution in [1.82, 2.24) is 0 Å². The van der Waals surface area contributed by atoms with Crippen molar-refractivity contribution in [2.45, 2.75) is 6.92 Å². The first-order chi connectivity index (χ1) is 25.6. The lowest BCUT2D eigenvalue weighted by Gasteiger charge is -2.12. The molecule has 4 rings (SSSR count). The Labute approximate surface area is 306 Å². The highest BCUT2D eigenvalue weighted by Crippen LogP contribution is 2.29. The van der Waals surface area contributed by atoms with Gasteiger partial charge in [0.15, 0.2) is 0 Å². The summed E-state index contributed by atoms with van der Waals surface area (Å²) in [6.45, 7) is 14.9. The Morgan fingerprint density at radius 1 is 0.547 bits per heavy atom. The molecule has 0 aromatic heterocycles. The number of hydrogen-bond donors (Lipinski definition) is 0. The molecule has 0 amide bonds. The van der Waals surface area contributed by atoms with Crippen molar-refractivity contribution < 1.29 is 42.9 Å². The molecular formula is C44H30O9. The molecule has 0 aliphatic carbocycles. The highest BCUT2D eigenvalue weighted by molar-refractivity contribution is 5.88. The van der Waals surface area contributed by atoms with Crippen molar-refractivity contribution in [2.24, 2.45) is 0 Å². The number of benzene rings is 4. The molecule has 0 atom stereocenters. The van der Waals surface area contributed by atoms with Crippen LogP contribution in [0, 0.1) is 35.5 Å². The second-order valence-corrected chi connectivity index (χ2v) is 10.6. The number of esters is 4. The van der Waals surface area contributed by atoms with Gasteiger partial charge in [0.2, 0.25) is 6.79 Å². The number of rotatable bonds is 10. The molecule has 4 aromatic carbocycles. The summed E-state index contributed by atoms with van der Waals surface area (Å²) in [4.78, 5) is 47.1. The molecule has 0 aliphatic heterocycles. The minimum atomic E-state index is -0.726. The molecule has 0 N–H and O–H groups in total. The third-order valence-electron chi connectivity index (χ3n) is 6.61. The van der Waals surface area contributed by atoms with Gasteiger partial charge in [-0.15, -0.1) is 0 Å². The number of carbonyl (C=O) groups is 4. The van der Waals surface area contributed by atoms with Crippen molar-refractivity contribution in [1.29, 1.82) is 0 Å². The van der Waals surface area contributed by atoms with Crippen molar-refractivity contribution in [3.8, 4) is 58.5 Å². The van der Waals surface area contributed by atoms with Gasteiger partial charge in [0, 0.05) is 58.2 Å². The van der Waals surface area contributed by atoms with E-state index < -0.39 is 30.7 Å². The van der Waals surface area contributed by atoms with Gasteiger partial charge in [-0.1, -0.05) is 61.8 Å². The molecule has 0 aliphatic rings. The van der Waals surface area contributed by atoms with Gasteiger partial charge in [0.1, 0.15) is 23.0 Å². The summed E-state index contributed by atoms with van der Waals surface area (Å²) in [7, 11) is 0. The molecule has 260 valence electrons. The molecule has 0 fully saturated rings. The van der Waals surface area contributed by atoms with Crippen molar-refractivity contribution in [3.63, 3.8) is 0 Å². The standard InChI is InChI=1S/C44H30O9/c1-6-41(45)50-29-49-39-27-36(22-16-32-12-9-31(10-13-32)11-14-33-17-23-37(24-18-33)51-42(46)7-2)40(53-43(47)8-3)28-35(39)21-15-34-19-25-38(26-20-34)52-44(48)30(4)5/h6-10,12-13,17-20,23-28H,1-4,29H2,5H3. The lowest BCUT2D eigenvalue weighted by molar-refractivity contribution is -0.144. The molecule has 9 nitrogen and oxygen atoms in total. The zero-order chi connectivity index (χ0) is 38.2. The largest absolute Gasteiger partial charge is 0.456 e. The second kappa shape index (κ2) is 18.8. The van der Waals surface area contributed by atoms with E-state index in [9.17, 15) is 19.2 Å². The average molecular weight is 703 g/mol. The minimum Gasteiger partial charge on any atom is -0.456 e. The van der Waals surface area contributed by atoms with Gasteiger partial charge in [0.05, 0.1) is 11.1 Å². The summed E-state index contributed by atoms with van der Waals surface area (Å²) in [6.07, 6.45) is 3.09. The van der Waals surface area contributed by atoms with Crippen LogP contribution in [0.25, 0.3) is 0 Å². The van der Waals surface area contributed by atoms with Crippen LogP contribution in [-0.4, -0.2) is 30.7 Å². The third kappa shape index (κ3) is 11.9. The third-order valence-corrected chi connectivity index (χ3v) is 6.61. The van der Waals surface area contributed by atoms with E-state index in [0.717, 1.165) is 29.4 Å². The predicted octanol–water partition coefficient (Wildman–Crippen LogP) is 6.62. The molecule has 53 heavy (non-hydrogen) atoms. The van der Waals surface area contributed by atoms with Crippen molar-refractivity contribution >= 4 is 23.9 Å². The first-order valence-electron chi connectivity index (χ1n) is 15.6. The first-order valence-corrected chi connectivity index (χ1v) is 15.6. The summed E-state index contributed by atoms with van der Waals surface area (Å²) in [5, 5.41) is 0. The topological polar surface area (TPSA) is 114 Å². The maximum Gasteiger partial charge on any atom is 0.338 e. The van der Waals surface area contributed by atoms with Crippen molar-refractivity contribution in [2.75, 3.05) is 6.79 Å². The predicted molar refractivity (Wildman–Crippen MR) is 198 cm³/mol. The monoisotopic (exact) mass is 702 g/mol. The van der Waals surface area contributed by atoms with E-state index in [-0.39, 0.29) is 28.2 Å². The fourth-order valence-electron chi connectivity index (χ4n) is 3.94. The molecule has 9 heteroatoms. The van der Waals surface area contributed by atoms with E-state index in [1.165, 1.54) is 12.1 Å². The fourth-order valence-corrected chi connectivity index (χ4v) is 3.94. The normalized spacial score (nSPS) is 9.45. The maximum absolute atomic E-state index is 12.3. The van der Waals surface area contributed by atoms with Gasteiger partial charge in [0.25, 0.3) is 0 Å². The van der Waals surface area contributed by atoms with Crippen LogP contribution in [0.3, 0.4) is 0 Å². The second-order valence-electron chi connectivity index (χ2n) is 10.6. The Morgan fingerprint density at radius 3 is 1.42 bits per heavy atom. The van der Waals surface area contributed by atoms with Gasteiger partial charge in [-0.25, -0.2) is 19.2 Å². The van der Waals surface area contributed by atoms with Gasteiger partial charge >= 0.3 is 23.9 Å². The van der Waals surface area contributed by atoms with E-state index in [1.807, 2.05) is 0 Å². The Bertz CT molecular complexity index is 2280. The number of ether oxygens (including phenoxy) is 5. The molecule has 0 radical (unpaired) electrons. The van der Waals surface area contributed by atoms with E-state index in [0.29, 0.717) is 22.6 Å². The van der Waals surface area contributed by atoms with E-state index in [2.05, 4.69) is 61.8 Å². The molecule has 0 heterocycles. The fraction of sp³-hybridized carbons (Fsp3) is 0.0455. The van der Waals surface area contributed by atoms with Gasteiger partial charge < -0.3 is 23.7 Å². The number of hydrogen-bond acceptors (Lipinski definition) is 9. The molecule has 0 spiro atoms. The summed E-state index contributed by atoms with van der Waals surface area (Å²) in [6, 6.07) is 23.3. The zero-order valence-electron chi connectivity index (χ0n) is 28.5. The number of carbonyl (C=O) groups excluding carboxylic acids is 4. The highest BCUT2D eigenvalue weighted by Gasteiger charge is 2.14. The van der Waals surface area contributed by atoms with Gasteiger partial charge in [-0.05, 0) is 79.7 Å². The molecule has 0 saturated heterocycles.